The predicted molar refractivity (Wildman–Crippen MR) is 76.4 cm³/mol. The third-order valence-electron chi connectivity index (χ3n) is 3.93. The summed E-state index contributed by atoms with van der Waals surface area (Å²) in [7, 11) is 0. The third-order valence-corrected chi connectivity index (χ3v) is 3.93. The number of hydrogen-bond donors (Lipinski definition) is 3. The Morgan fingerprint density at radius 1 is 1.32 bits per heavy atom. The maximum absolute atomic E-state index is 10.3. The number of nitrogens with one attached hydrogen (secondary N) is 2. The van der Waals surface area contributed by atoms with E-state index in [2.05, 4.69) is 15.6 Å². The van der Waals surface area contributed by atoms with Crippen molar-refractivity contribution in [3.05, 3.63) is 0 Å². The lowest BCUT2D eigenvalue weighted by molar-refractivity contribution is 0.0574. The smallest absolute Gasteiger partial charge is 0.191 e. The molecule has 1 saturated heterocycles. The number of aliphatic hydroxyl groups is 1. The summed E-state index contributed by atoms with van der Waals surface area (Å²) >= 11 is 0. The fraction of sp³-hybridized carbons (Fsp3) is 0.929. The lowest BCUT2D eigenvalue weighted by Crippen LogP contribution is -2.42. The van der Waals surface area contributed by atoms with Crippen LogP contribution in [0.3, 0.4) is 0 Å². The van der Waals surface area contributed by atoms with E-state index >= 15 is 0 Å². The highest BCUT2D eigenvalue weighted by molar-refractivity contribution is 5.79. The highest BCUT2D eigenvalue weighted by Gasteiger charge is 2.30. The van der Waals surface area contributed by atoms with Crippen LogP contribution in [0.5, 0.6) is 0 Å². The van der Waals surface area contributed by atoms with E-state index in [-0.39, 0.29) is 0 Å². The minimum Gasteiger partial charge on any atom is -0.388 e. The maximum Gasteiger partial charge on any atom is 0.191 e. The van der Waals surface area contributed by atoms with Gasteiger partial charge < -0.3 is 20.5 Å². The fourth-order valence-electron chi connectivity index (χ4n) is 2.78. The molecule has 3 N–H and O–H groups in total. The average Bonchev–Trinajstić information content (AvgIpc) is 3.05. The molecule has 1 saturated carbocycles. The predicted octanol–water partition coefficient (Wildman–Crippen LogP) is 1.03. The van der Waals surface area contributed by atoms with Crippen molar-refractivity contribution < 1.29 is 9.84 Å². The molecule has 1 aliphatic heterocycles. The molecule has 2 rings (SSSR count). The highest BCUT2D eigenvalue weighted by atomic mass is 16.5. The van der Waals surface area contributed by atoms with Crippen LogP contribution in [-0.2, 0) is 4.74 Å². The first-order chi connectivity index (χ1) is 9.22. The van der Waals surface area contributed by atoms with E-state index < -0.39 is 5.60 Å². The van der Waals surface area contributed by atoms with Gasteiger partial charge in [0.15, 0.2) is 5.96 Å². The number of nitrogens with zero attached hydrogens (tertiary/aromatic N) is 1. The zero-order valence-corrected chi connectivity index (χ0v) is 12.0. The molecule has 0 aromatic heterocycles. The Hall–Kier alpha value is -0.810. The van der Waals surface area contributed by atoms with E-state index in [1.54, 1.807) is 0 Å². The zero-order chi connectivity index (χ0) is 13.6. The SMILES string of the molecule is CCNC(=NCC1(O)CCCC1)NCC1CCCO1. The second kappa shape index (κ2) is 7.10. The number of hydrogen-bond acceptors (Lipinski definition) is 3. The van der Waals surface area contributed by atoms with Crippen molar-refractivity contribution in [1.29, 1.82) is 0 Å². The summed E-state index contributed by atoms with van der Waals surface area (Å²) < 4.78 is 5.58. The van der Waals surface area contributed by atoms with Crippen LogP contribution < -0.4 is 10.6 Å². The minimum atomic E-state index is -0.577. The van der Waals surface area contributed by atoms with Crippen LogP contribution >= 0.6 is 0 Å². The lowest BCUT2D eigenvalue weighted by Gasteiger charge is -2.21. The van der Waals surface area contributed by atoms with Gasteiger partial charge in [0.1, 0.15) is 0 Å². The molecule has 110 valence electrons. The molecule has 5 nitrogen and oxygen atoms in total. The van der Waals surface area contributed by atoms with Crippen LogP contribution in [0.2, 0.25) is 0 Å². The molecule has 0 spiro atoms. The van der Waals surface area contributed by atoms with E-state index in [0.29, 0.717) is 12.6 Å². The molecule has 1 aliphatic carbocycles. The van der Waals surface area contributed by atoms with Gasteiger partial charge >= 0.3 is 0 Å². The quantitative estimate of drug-likeness (QED) is 0.515. The van der Waals surface area contributed by atoms with Crippen molar-refractivity contribution in [2.24, 2.45) is 4.99 Å². The molecule has 5 heteroatoms. The Bertz CT molecular complexity index is 295. The Labute approximate surface area is 115 Å². The van der Waals surface area contributed by atoms with Crippen molar-refractivity contribution in [3.63, 3.8) is 0 Å². The lowest BCUT2D eigenvalue weighted by atomic mass is 10.0. The van der Waals surface area contributed by atoms with E-state index in [0.717, 1.165) is 64.2 Å². The molecule has 0 bridgehead atoms. The van der Waals surface area contributed by atoms with Crippen molar-refractivity contribution in [1.82, 2.24) is 10.6 Å². The van der Waals surface area contributed by atoms with Crippen molar-refractivity contribution in [2.45, 2.75) is 57.2 Å². The van der Waals surface area contributed by atoms with Gasteiger partial charge in [0, 0.05) is 19.7 Å². The van der Waals surface area contributed by atoms with E-state index in [1.807, 2.05) is 6.92 Å². The number of guanidine groups is 1. The molecule has 19 heavy (non-hydrogen) atoms. The molecule has 0 radical (unpaired) electrons. The first kappa shape index (κ1) is 14.6. The van der Waals surface area contributed by atoms with E-state index in [4.69, 9.17) is 4.74 Å². The summed E-state index contributed by atoms with van der Waals surface area (Å²) in [5.74, 6) is 0.790. The van der Waals surface area contributed by atoms with E-state index in [9.17, 15) is 5.11 Å². The highest BCUT2D eigenvalue weighted by Crippen LogP contribution is 2.29. The van der Waals surface area contributed by atoms with E-state index in [1.165, 1.54) is 0 Å². The summed E-state index contributed by atoms with van der Waals surface area (Å²) in [6.07, 6.45) is 6.57. The van der Waals surface area contributed by atoms with Crippen molar-refractivity contribution >= 4 is 5.96 Å². The van der Waals surface area contributed by atoms with Gasteiger partial charge in [-0.2, -0.15) is 0 Å². The molecule has 2 fully saturated rings. The second-order valence-corrected chi connectivity index (χ2v) is 5.64. The second-order valence-electron chi connectivity index (χ2n) is 5.64. The topological polar surface area (TPSA) is 65.9 Å². The number of aliphatic imine (C=N–C) groups is 1. The van der Waals surface area contributed by atoms with Crippen LogP contribution in [0.25, 0.3) is 0 Å². The van der Waals surface area contributed by atoms with Crippen LogP contribution in [0.4, 0.5) is 0 Å². The van der Waals surface area contributed by atoms with Crippen LogP contribution in [0.15, 0.2) is 4.99 Å². The molecule has 0 aromatic carbocycles. The van der Waals surface area contributed by atoms with Gasteiger partial charge in [-0.1, -0.05) is 12.8 Å². The molecule has 0 aromatic rings. The fourth-order valence-corrected chi connectivity index (χ4v) is 2.78. The Balaban J connectivity index is 1.79. The van der Waals surface area contributed by atoms with Gasteiger partial charge in [0.05, 0.1) is 18.2 Å². The summed E-state index contributed by atoms with van der Waals surface area (Å²) in [4.78, 5) is 4.52. The summed E-state index contributed by atoms with van der Waals surface area (Å²) in [5, 5.41) is 16.8. The van der Waals surface area contributed by atoms with Crippen LogP contribution in [0, 0.1) is 0 Å². The monoisotopic (exact) mass is 269 g/mol. The Morgan fingerprint density at radius 3 is 2.74 bits per heavy atom. The number of rotatable bonds is 5. The van der Waals surface area contributed by atoms with Gasteiger partial charge in [-0.3, -0.25) is 4.99 Å². The Kier molecular flexibility index (Phi) is 5.45. The van der Waals surface area contributed by atoms with Crippen LogP contribution in [0.1, 0.15) is 45.4 Å². The first-order valence-electron chi connectivity index (χ1n) is 7.58. The van der Waals surface area contributed by atoms with Gasteiger partial charge in [-0.15, -0.1) is 0 Å². The average molecular weight is 269 g/mol. The number of ether oxygens (including phenoxy) is 1. The maximum atomic E-state index is 10.3. The molecule has 0 amide bonds. The van der Waals surface area contributed by atoms with Gasteiger partial charge in [-0.05, 0) is 32.6 Å². The molecular weight excluding hydrogens is 242 g/mol. The van der Waals surface area contributed by atoms with Crippen molar-refractivity contribution in [3.8, 4) is 0 Å². The van der Waals surface area contributed by atoms with Gasteiger partial charge in [-0.25, -0.2) is 0 Å². The zero-order valence-electron chi connectivity index (χ0n) is 12.0. The Morgan fingerprint density at radius 2 is 2.11 bits per heavy atom. The molecular formula is C14H27N3O2. The summed E-state index contributed by atoms with van der Waals surface area (Å²) in [5.41, 5.74) is -0.577. The molecule has 1 heterocycles. The van der Waals surface area contributed by atoms with Gasteiger partial charge in [0.2, 0.25) is 0 Å². The van der Waals surface area contributed by atoms with Crippen molar-refractivity contribution in [2.75, 3.05) is 26.2 Å². The standard InChI is InChI=1S/C14H27N3O2/c1-2-15-13(16-10-12-6-5-9-19-12)17-11-14(18)7-3-4-8-14/h12,18H,2-11H2,1H3,(H2,15,16,17). The molecule has 1 unspecified atom stereocenters. The summed E-state index contributed by atoms with van der Waals surface area (Å²) in [6.45, 7) is 5.04. The van der Waals surface area contributed by atoms with Crippen LogP contribution in [-0.4, -0.2) is 49.0 Å². The molecule has 1 atom stereocenters. The largest absolute Gasteiger partial charge is 0.388 e. The van der Waals surface area contributed by atoms with Gasteiger partial charge in [0.25, 0.3) is 0 Å². The first-order valence-corrected chi connectivity index (χ1v) is 7.58. The summed E-state index contributed by atoms with van der Waals surface area (Å²) in [6, 6.07) is 0. The normalized spacial score (nSPS) is 26.6. The minimum absolute atomic E-state index is 0.304. The molecule has 2 aliphatic rings. The third kappa shape index (κ3) is 4.66.